The Bertz CT molecular complexity index is 1230. The van der Waals surface area contributed by atoms with Gasteiger partial charge in [0.1, 0.15) is 12.2 Å². The number of ether oxygens (including phenoxy) is 1. The molecule has 28 heavy (non-hydrogen) atoms. The van der Waals surface area contributed by atoms with Crippen LogP contribution in [0.25, 0.3) is 22.3 Å². The van der Waals surface area contributed by atoms with Crippen molar-refractivity contribution in [3.05, 3.63) is 97.6 Å². The van der Waals surface area contributed by atoms with Crippen molar-refractivity contribution in [1.29, 1.82) is 0 Å². The number of benzene rings is 3. The average Bonchev–Trinajstić information content (AvgIpc) is 2.70. The third-order valence-electron chi connectivity index (χ3n) is 4.24. The lowest BCUT2D eigenvalue weighted by molar-refractivity contribution is 0.298. The van der Waals surface area contributed by atoms with Gasteiger partial charge in [0.05, 0.1) is 20.5 Å². The van der Waals surface area contributed by atoms with Gasteiger partial charge in [0.25, 0.3) is 0 Å². The predicted molar refractivity (Wildman–Crippen MR) is 114 cm³/mol. The standard InChI is InChI=1S/C22H13Cl3O3/c23-16-7-3-1-5-14(16)21-22(20(26)15-6-2-4-8-19(15)28-21)27-12-13-9-10-17(24)18(25)11-13/h1-11H,12H2. The molecule has 3 nitrogen and oxygen atoms in total. The Kier molecular flexibility index (Phi) is 5.31. The molecule has 1 heterocycles. The van der Waals surface area contributed by atoms with Crippen molar-refractivity contribution in [3.63, 3.8) is 0 Å². The van der Waals surface area contributed by atoms with Crippen LogP contribution in [-0.4, -0.2) is 0 Å². The number of hydrogen-bond acceptors (Lipinski definition) is 3. The molecule has 0 aliphatic heterocycles. The van der Waals surface area contributed by atoms with E-state index in [2.05, 4.69) is 0 Å². The van der Waals surface area contributed by atoms with Crippen molar-refractivity contribution in [2.75, 3.05) is 0 Å². The summed E-state index contributed by atoms with van der Waals surface area (Å²) in [6.07, 6.45) is 0. The first kappa shape index (κ1) is 18.9. The first-order chi connectivity index (χ1) is 13.5. The summed E-state index contributed by atoms with van der Waals surface area (Å²) in [6, 6.07) is 19.3. The van der Waals surface area contributed by atoms with Crippen LogP contribution in [0.2, 0.25) is 15.1 Å². The van der Waals surface area contributed by atoms with E-state index >= 15 is 0 Å². The van der Waals surface area contributed by atoms with Gasteiger partial charge < -0.3 is 9.15 Å². The molecular weight excluding hydrogens is 419 g/mol. The van der Waals surface area contributed by atoms with Gasteiger partial charge in [-0.05, 0) is 42.0 Å². The lowest BCUT2D eigenvalue weighted by atomic mass is 10.1. The Labute approximate surface area is 176 Å². The van der Waals surface area contributed by atoms with E-state index in [4.69, 9.17) is 44.0 Å². The number of rotatable bonds is 4. The third-order valence-corrected chi connectivity index (χ3v) is 5.31. The van der Waals surface area contributed by atoms with Crippen LogP contribution in [0.5, 0.6) is 5.75 Å². The van der Waals surface area contributed by atoms with Crippen LogP contribution in [0.4, 0.5) is 0 Å². The fourth-order valence-corrected chi connectivity index (χ4v) is 3.41. The maximum absolute atomic E-state index is 13.1. The van der Waals surface area contributed by atoms with Crippen molar-refractivity contribution in [1.82, 2.24) is 0 Å². The molecular formula is C22H13Cl3O3. The number of halogens is 3. The zero-order chi connectivity index (χ0) is 19.7. The summed E-state index contributed by atoms with van der Waals surface area (Å²) < 4.78 is 11.9. The Morgan fingerprint density at radius 2 is 1.57 bits per heavy atom. The first-order valence-electron chi connectivity index (χ1n) is 8.42. The molecule has 6 heteroatoms. The highest BCUT2D eigenvalue weighted by Crippen LogP contribution is 2.35. The van der Waals surface area contributed by atoms with Crippen LogP contribution >= 0.6 is 34.8 Å². The molecule has 0 radical (unpaired) electrons. The molecule has 0 N–H and O–H groups in total. The fourth-order valence-electron chi connectivity index (χ4n) is 2.86. The Balaban J connectivity index is 1.84. The SMILES string of the molecule is O=c1c(OCc2ccc(Cl)c(Cl)c2)c(-c2ccccc2Cl)oc2ccccc12. The Morgan fingerprint density at radius 3 is 2.36 bits per heavy atom. The molecule has 140 valence electrons. The molecule has 4 rings (SSSR count). The minimum Gasteiger partial charge on any atom is -0.481 e. The molecule has 0 saturated carbocycles. The molecule has 0 bridgehead atoms. The van der Waals surface area contributed by atoms with Crippen LogP contribution < -0.4 is 10.2 Å². The molecule has 0 aliphatic carbocycles. The van der Waals surface area contributed by atoms with Crippen molar-refractivity contribution in [2.45, 2.75) is 6.61 Å². The van der Waals surface area contributed by atoms with E-state index in [0.29, 0.717) is 31.6 Å². The fraction of sp³-hybridized carbons (Fsp3) is 0.0455. The van der Waals surface area contributed by atoms with E-state index in [-0.39, 0.29) is 23.5 Å². The van der Waals surface area contributed by atoms with E-state index < -0.39 is 0 Å². The maximum Gasteiger partial charge on any atom is 0.235 e. The zero-order valence-corrected chi connectivity index (χ0v) is 16.7. The van der Waals surface area contributed by atoms with Crippen LogP contribution in [0.1, 0.15) is 5.56 Å². The van der Waals surface area contributed by atoms with Gasteiger partial charge in [-0.15, -0.1) is 0 Å². The van der Waals surface area contributed by atoms with E-state index in [9.17, 15) is 4.79 Å². The monoisotopic (exact) mass is 430 g/mol. The molecule has 0 aliphatic rings. The normalized spacial score (nSPS) is 11.0. The van der Waals surface area contributed by atoms with Gasteiger partial charge in [-0.1, -0.05) is 65.1 Å². The Morgan fingerprint density at radius 1 is 0.821 bits per heavy atom. The first-order valence-corrected chi connectivity index (χ1v) is 9.55. The molecule has 0 saturated heterocycles. The molecule has 0 amide bonds. The summed E-state index contributed by atoms with van der Waals surface area (Å²) in [4.78, 5) is 13.1. The third kappa shape index (κ3) is 3.61. The minimum atomic E-state index is -0.267. The van der Waals surface area contributed by atoms with Crippen molar-refractivity contribution >= 4 is 45.8 Å². The molecule has 1 aromatic heterocycles. The topological polar surface area (TPSA) is 39.4 Å². The Hall–Kier alpha value is -2.46. The average molecular weight is 432 g/mol. The molecule has 4 aromatic rings. The second kappa shape index (κ2) is 7.88. The van der Waals surface area contributed by atoms with Gasteiger partial charge in [-0.25, -0.2) is 0 Å². The van der Waals surface area contributed by atoms with E-state index in [1.807, 2.05) is 6.07 Å². The molecule has 0 fully saturated rings. The van der Waals surface area contributed by atoms with Crippen LogP contribution in [0, 0.1) is 0 Å². The number of hydrogen-bond donors (Lipinski definition) is 0. The van der Waals surface area contributed by atoms with Gasteiger partial charge in [-0.2, -0.15) is 0 Å². The van der Waals surface area contributed by atoms with Crippen molar-refractivity contribution in [3.8, 4) is 17.1 Å². The second-order valence-electron chi connectivity index (χ2n) is 6.10. The molecule has 0 spiro atoms. The minimum absolute atomic E-state index is 0.0953. The van der Waals surface area contributed by atoms with Gasteiger partial charge in [0.2, 0.25) is 11.2 Å². The lowest BCUT2D eigenvalue weighted by Gasteiger charge is -2.13. The number of para-hydroxylation sites is 1. The summed E-state index contributed by atoms with van der Waals surface area (Å²) in [6.45, 7) is 0.122. The highest BCUT2D eigenvalue weighted by Gasteiger charge is 2.19. The maximum atomic E-state index is 13.1. The number of fused-ring (bicyclic) bond motifs is 1. The highest BCUT2D eigenvalue weighted by atomic mass is 35.5. The van der Waals surface area contributed by atoms with E-state index in [0.717, 1.165) is 5.56 Å². The largest absolute Gasteiger partial charge is 0.481 e. The summed E-state index contributed by atoms with van der Waals surface area (Å²) in [5.41, 5.74) is 1.55. The summed E-state index contributed by atoms with van der Waals surface area (Å²) >= 11 is 18.4. The van der Waals surface area contributed by atoms with Crippen molar-refractivity contribution in [2.24, 2.45) is 0 Å². The van der Waals surface area contributed by atoms with E-state index in [1.54, 1.807) is 60.7 Å². The quantitative estimate of drug-likeness (QED) is 0.349. The van der Waals surface area contributed by atoms with Crippen LogP contribution in [0.3, 0.4) is 0 Å². The zero-order valence-electron chi connectivity index (χ0n) is 14.4. The summed E-state index contributed by atoms with van der Waals surface area (Å²) in [5.74, 6) is 0.382. The predicted octanol–water partition coefficient (Wildman–Crippen LogP) is 7.00. The molecule has 3 aromatic carbocycles. The lowest BCUT2D eigenvalue weighted by Crippen LogP contribution is -2.10. The van der Waals surface area contributed by atoms with Gasteiger partial charge in [-0.3, -0.25) is 4.79 Å². The van der Waals surface area contributed by atoms with Gasteiger partial charge in [0.15, 0.2) is 5.76 Å². The summed E-state index contributed by atoms with van der Waals surface area (Å²) in [7, 11) is 0. The van der Waals surface area contributed by atoms with Gasteiger partial charge in [0, 0.05) is 5.56 Å². The van der Waals surface area contributed by atoms with Gasteiger partial charge >= 0.3 is 0 Å². The molecule has 0 unspecified atom stereocenters. The highest BCUT2D eigenvalue weighted by molar-refractivity contribution is 6.42. The summed E-state index contributed by atoms with van der Waals surface area (Å²) in [5, 5.41) is 1.76. The van der Waals surface area contributed by atoms with Crippen LogP contribution in [0.15, 0.2) is 75.9 Å². The van der Waals surface area contributed by atoms with E-state index in [1.165, 1.54) is 0 Å². The smallest absolute Gasteiger partial charge is 0.235 e. The molecule has 0 atom stereocenters. The van der Waals surface area contributed by atoms with Crippen LogP contribution in [-0.2, 0) is 6.61 Å². The second-order valence-corrected chi connectivity index (χ2v) is 7.32. The van der Waals surface area contributed by atoms with Crippen molar-refractivity contribution < 1.29 is 9.15 Å².